The van der Waals surface area contributed by atoms with E-state index in [9.17, 15) is 31.1 Å². The van der Waals surface area contributed by atoms with Crippen LogP contribution in [-0.4, -0.2) is 27.3 Å². The Bertz CT molecular complexity index is 870. The van der Waals surface area contributed by atoms with Gasteiger partial charge in [-0.15, -0.1) is 0 Å². The summed E-state index contributed by atoms with van der Waals surface area (Å²) in [7, 11) is 0. The van der Waals surface area contributed by atoms with Crippen molar-refractivity contribution in [1.29, 1.82) is 0 Å². The minimum atomic E-state index is -4.98. The summed E-state index contributed by atoms with van der Waals surface area (Å²) in [5, 5.41) is 6.01. The lowest BCUT2D eigenvalue weighted by Gasteiger charge is -2.13. The highest BCUT2D eigenvalue weighted by Gasteiger charge is 2.37. The molecule has 0 amide bonds. The zero-order chi connectivity index (χ0) is 21.3. The fraction of sp³-hybridized carbons (Fsp3) is 0.312. The maximum absolute atomic E-state index is 13.0. The van der Waals surface area contributed by atoms with E-state index >= 15 is 0 Å². The van der Waals surface area contributed by atoms with Crippen LogP contribution in [0.25, 0.3) is 15.0 Å². The molecule has 0 fully saturated rings. The van der Waals surface area contributed by atoms with E-state index in [1.165, 1.54) is 0 Å². The third-order valence-corrected chi connectivity index (χ3v) is 3.95. The number of rotatable bonds is 4. The number of alkyl halides is 6. The van der Waals surface area contributed by atoms with E-state index in [1.54, 1.807) is 36.4 Å². The summed E-state index contributed by atoms with van der Waals surface area (Å²) in [4.78, 5) is 15.5. The van der Waals surface area contributed by atoms with Gasteiger partial charge in [0, 0.05) is 11.6 Å². The number of ether oxygens (including phenoxy) is 1. The second-order valence-corrected chi connectivity index (χ2v) is 6.94. The van der Waals surface area contributed by atoms with Gasteiger partial charge in [0.1, 0.15) is 0 Å². The first kappa shape index (κ1) is 22.2. The van der Waals surface area contributed by atoms with E-state index in [0.29, 0.717) is 12.1 Å². The van der Waals surface area contributed by atoms with Crippen LogP contribution in [0.3, 0.4) is 0 Å². The summed E-state index contributed by atoms with van der Waals surface area (Å²) in [6.45, 7) is 3.27. The fourth-order valence-electron chi connectivity index (χ4n) is 2.02. The largest absolute Gasteiger partial charge is 0.460 e. The van der Waals surface area contributed by atoms with E-state index < -0.39 is 35.0 Å². The molecule has 0 spiro atoms. The molecule has 0 aliphatic carbocycles. The lowest BCUT2D eigenvalue weighted by atomic mass is 10.0. The molecule has 1 heterocycles. The predicted octanol–water partition coefficient (Wildman–Crippen LogP) is 5.24. The maximum Gasteiger partial charge on any atom is 0.416 e. The molecule has 12 heteroatoms. The van der Waals surface area contributed by atoms with Gasteiger partial charge >= 0.3 is 18.3 Å². The summed E-state index contributed by atoms with van der Waals surface area (Å²) >= 11 is 1.70. The Morgan fingerprint density at radius 3 is 2.11 bits per heavy atom. The Kier molecular flexibility index (Phi) is 6.41. The van der Waals surface area contributed by atoms with Crippen molar-refractivity contribution in [1.82, 2.24) is 15.2 Å². The minimum absolute atomic E-state index is 0.0202. The van der Waals surface area contributed by atoms with Gasteiger partial charge in [-0.05, 0) is 54.6 Å². The molecule has 1 aromatic carbocycles. The average Bonchev–Trinajstić information content (AvgIpc) is 3.02. The summed E-state index contributed by atoms with van der Waals surface area (Å²) in [5.74, 6) is -1.09. The SMILES string of the molecule is CC(C)OC(=O)/C=C(\I)c1n[nH]c(-c2cc(C(F)(F)F)cc(C(F)(F)F)c2)n1. The van der Waals surface area contributed by atoms with Crippen LogP contribution in [-0.2, 0) is 21.9 Å². The first-order valence-corrected chi connectivity index (χ1v) is 8.65. The molecular formula is C16H12F6IN3O2. The molecule has 28 heavy (non-hydrogen) atoms. The Morgan fingerprint density at radius 1 is 1.11 bits per heavy atom. The average molecular weight is 519 g/mol. The van der Waals surface area contributed by atoms with Crippen molar-refractivity contribution < 1.29 is 35.9 Å². The molecule has 0 atom stereocenters. The van der Waals surface area contributed by atoms with Crippen LogP contribution in [0.15, 0.2) is 24.3 Å². The number of H-pyrrole nitrogens is 1. The van der Waals surface area contributed by atoms with Gasteiger partial charge in [-0.3, -0.25) is 5.10 Å². The van der Waals surface area contributed by atoms with Crippen LogP contribution in [0.2, 0.25) is 0 Å². The van der Waals surface area contributed by atoms with Crippen molar-refractivity contribution in [3.63, 3.8) is 0 Å². The van der Waals surface area contributed by atoms with Crippen LogP contribution in [0, 0.1) is 0 Å². The van der Waals surface area contributed by atoms with Crippen LogP contribution in [0.5, 0.6) is 0 Å². The highest BCUT2D eigenvalue weighted by atomic mass is 127. The Morgan fingerprint density at radius 2 is 1.64 bits per heavy atom. The highest BCUT2D eigenvalue weighted by molar-refractivity contribution is 14.1. The summed E-state index contributed by atoms with van der Waals surface area (Å²) in [6.07, 6.45) is -9.27. The van der Waals surface area contributed by atoms with E-state index in [4.69, 9.17) is 4.74 Å². The molecule has 152 valence electrons. The third kappa shape index (κ3) is 5.69. The molecule has 0 aliphatic heterocycles. The highest BCUT2D eigenvalue weighted by Crippen LogP contribution is 2.38. The molecule has 5 nitrogen and oxygen atoms in total. The number of nitrogens with zero attached hydrogens (tertiary/aromatic N) is 2. The van der Waals surface area contributed by atoms with Gasteiger partial charge in [0.15, 0.2) is 11.6 Å². The van der Waals surface area contributed by atoms with Gasteiger partial charge < -0.3 is 4.74 Å². The molecule has 2 rings (SSSR count). The van der Waals surface area contributed by atoms with E-state index in [0.717, 1.165) is 6.08 Å². The number of halogens is 7. The standard InChI is InChI=1S/C16H12F6IN3O2/c1-7(2)28-12(27)6-11(23)14-24-13(25-26-14)8-3-9(15(17,18)19)5-10(4-8)16(20,21)22/h3-7H,1-2H3,(H,24,25,26)/b11-6-. The molecular weight excluding hydrogens is 507 g/mol. The normalized spacial score (nSPS) is 13.1. The van der Waals surface area contributed by atoms with Crippen molar-refractivity contribution in [2.45, 2.75) is 32.3 Å². The third-order valence-electron chi connectivity index (χ3n) is 3.16. The van der Waals surface area contributed by atoms with Crippen LogP contribution >= 0.6 is 22.6 Å². The minimum Gasteiger partial charge on any atom is -0.460 e. The van der Waals surface area contributed by atoms with Gasteiger partial charge in [0.2, 0.25) is 0 Å². The van der Waals surface area contributed by atoms with Crippen molar-refractivity contribution >= 4 is 32.1 Å². The molecule has 0 saturated heterocycles. The number of benzene rings is 1. The molecule has 2 aromatic rings. The monoisotopic (exact) mass is 519 g/mol. The Labute approximate surface area is 168 Å². The smallest absolute Gasteiger partial charge is 0.416 e. The number of aromatic nitrogens is 3. The van der Waals surface area contributed by atoms with Gasteiger partial charge in [-0.2, -0.15) is 31.4 Å². The fourth-order valence-corrected chi connectivity index (χ4v) is 2.52. The van der Waals surface area contributed by atoms with Crippen LogP contribution in [0.4, 0.5) is 26.3 Å². The van der Waals surface area contributed by atoms with Crippen molar-refractivity contribution in [3.05, 3.63) is 41.2 Å². The van der Waals surface area contributed by atoms with E-state index in [1.807, 2.05) is 0 Å². The Hall–Kier alpha value is -2.12. The van der Waals surface area contributed by atoms with Gasteiger partial charge in [-0.25, -0.2) is 9.78 Å². The van der Waals surface area contributed by atoms with Crippen molar-refractivity contribution in [3.8, 4) is 11.4 Å². The van der Waals surface area contributed by atoms with Crippen LogP contribution in [0.1, 0.15) is 30.8 Å². The second kappa shape index (κ2) is 8.09. The molecule has 0 aliphatic rings. The zero-order valence-electron chi connectivity index (χ0n) is 14.2. The number of hydrogen-bond donors (Lipinski definition) is 1. The topological polar surface area (TPSA) is 67.9 Å². The molecule has 0 unspecified atom stereocenters. The quantitative estimate of drug-likeness (QED) is 0.260. The number of nitrogens with one attached hydrogen (secondary N) is 1. The number of carbonyl (C=O) groups is 1. The molecule has 0 saturated carbocycles. The molecule has 1 N–H and O–H groups in total. The number of hydrogen-bond acceptors (Lipinski definition) is 4. The number of carbonyl (C=O) groups excluding carboxylic acids is 1. The Balaban J connectivity index is 2.44. The summed E-state index contributed by atoms with van der Waals surface area (Å²) in [6, 6.07) is 1.08. The predicted molar refractivity (Wildman–Crippen MR) is 95.0 cm³/mol. The second-order valence-electron chi connectivity index (χ2n) is 5.78. The van der Waals surface area contributed by atoms with Gasteiger partial charge in [0.05, 0.1) is 20.8 Å². The molecule has 1 aromatic heterocycles. The van der Waals surface area contributed by atoms with E-state index in [-0.39, 0.29) is 27.4 Å². The van der Waals surface area contributed by atoms with E-state index in [2.05, 4.69) is 15.2 Å². The summed E-state index contributed by atoms with van der Waals surface area (Å²) in [5.41, 5.74) is -3.39. The number of esters is 1. The van der Waals surface area contributed by atoms with Gasteiger partial charge in [0.25, 0.3) is 0 Å². The first-order valence-electron chi connectivity index (χ1n) is 7.58. The lowest BCUT2D eigenvalue weighted by molar-refractivity contribution is -0.143. The maximum atomic E-state index is 13.0. The summed E-state index contributed by atoms with van der Waals surface area (Å²) < 4.78 is 82.8. The van der Waals surface area contributed by atoms with Crippen molar-refractivity contribution in [2.75, 3.05) is 0 Å². The number of aromatic amines is 1. The van der Waals surface area contributed by atoms with Gasteiger partial charge in [-0.1, -0.05) is 0 Å². The molecule has 0 bridgehead atoms. The van der Waals surface area contributed by atoms with Crippen LogP contribution < -0.4 is 0 Å². The first-order chi connectivity index (χ1) is 12.8. The zero-order valence-corrected chi connectivity index (χ0v) is 16.4. The molecule has 0 radical (unpaired) electrons. The lowest BCUT2D eigenvalue weighted by Crippen LogP contribution is -2.11. The van der Waals surface area contributed by atoms with Crippen molar-refractivity contribution in [2.24, 2.45) is 0 Å².